The molecule has 1 aromatic heterocycles. The molecular formula is C11H8ClNS. The maximum absolute atomic E-state index is 8.84. The molecule has 0 aliphatic rings. The zero-order valence-corrected chi connectivity index (χ0v) is 9.25. The highest BCUT2D eigenvalue weighted by atomic mass is 35.5. The van der Waals surface area contributed by atoms with Crippen LogP contribution in [-0.4, -0.2) is 0 Å². The molecule has 2 aromatic rings. The second-order valence-electron chi connectivity index (χ2n) is 3.15. The zero-order valence-electron chi connectivity index (χ0n) is 7.67. The van der Waals surface area contributed by atoms with Crippen LogP contribution in [0.2, 0.25) is 0 Å². The number of fused-ring (bicyclic) bond motifs is 1. The Morgan fingerprint density at radius 1 is 1.43 bits per heavy atom. The lowest BCUT2D eigenvalue weighted by molar-refractivity contribution is 1.42. The Balaban J connectivity index is 2.80. The van der Waals surface area contributed by atoms with Crippen molar-refractivity contribution in [3.63, 3.8) is 0 Å². The van der Waals surface area contributed by atoms with E-state index in [2.05, 4.69) is 19.1 Å². The minimum atomic E-state index is 0.461. The molecular weight excluding hydrogens is 214 g/mol. The van der Waals surface area contributed by atoms with Gasteiger partial charge in [0.1, 0.15) is 0 Å². The Bertz CT molecular complexity index is 522. The fraction of sp³-hybridized carbons (Fsp3) is 0.182. The normalized spacial score (nSPS) is 10.4. The molecule has 0 aliphatic heterocycles. The van der Waals surface area contributed by atoms with E-state index in [1.807, 2.05) is 12.1 Å². The monoisotopic (exact) mass is 221 g/mol. The lowest BCUT2D eigenvalue weighted by atomic mass is 10.1. The topological polar surface area (TPSA) is 23.8 Å². The highest BCUT2D eigenvalue weighted by Crippen LogP contribution is 2.30. The van der Waals surface area contributed by atoms with Crippen LogP contribution in [0.4, 0.5) is 0 Å². The number of thiophene rings is 1. The van der Waals surface area contributed by atoms with Crippen molar-refractivity contribution in [1.82, 2.24) is 0 Å². The molecule has 0 atom stereocenters. The molecule has 0 radical (unpaired) electrons. The second kappa shape index (κ2) is 3.61. The quantitative estimate of drug-likeness (QED) is 0.672. The molecule has 1 heterocycles. The molecule has 0 fully saturated rings. The van der Waals surface area contributed by atoms with Gasteiger partial charge in [0.2, 0.25) is 0 Å². The van der Waals surface area contributed by atoms with Gasteiger partial charge in [-0.05, 0) is 36.1 Å². The van der Waals surface area contributed by atoms with Crippen molar-refractivity contribution in [3.8, 4) is 6.07 Å². The minimum absolute atomic E-state index is 0.461. The van der Waals surface area contributed by atoms with Gasteiger partial charge >= 0.3 is 0 Å². The number of halogens is 1. The second-order valence-corrected chi connectivity index (χ2v) is 4.70. The number of rotatable bonds is 1. The summed E-state index contributed by atoms with van der Waals surface area (Å²) in [4.78, 5) is 1.25. The highest BCUT2D eigenvalue weighted by Gasteiger charge is 2.05. The molecule has 0 unspecified atom stereocenters. The van der Waals surface area contributed by atoms with Crippen LogP contribution < -0.4 is 0 Å². The number of benzene rings is 1. The molecule has 0 N–H and O–H groups in total. The number of nitrogens with zero attached hydrogens (tertiary/aromatic N) is 1. The highest BCUT2D eigenvalue weighted by molar-refractivity contribution is 7.19. The smallest absolute Gasteiger partial charge is 0.0992 e. The summed E-state index contributed by atoms with van der Waals surface area (Å²) in [5, 5.41) is 10.0. The maximum atomic E-state index is 8.84. The summed E-state index contributed by atoms with van der Waals surface area (Å²) in [5.41, 5.74) is 1.74. The molecule has 3 heteroatoms. The molecule has 14 heavy (non-hydrogen) atoms. The van der Waals surface area contributed by atoms with E-state index in [4.69, 9.17) is 16.9 Å². The van der Waals surface area contributed by atoms with Crippen LogP contribution in [0.3, 0.4) is 0 Å². The Morgan fingerprint density at radius 2 is 2.21 bits per heavy atom. The van der Waals surface area contributed by atoms with Crippen molar-refractivity contribution in [3.05, 3.63) is 34.2 Å². The van der Waals surface area contributed by atoms with E-state index in [1.54, 1.807) is 11.3 Å². The summed E-state index contributed by atoms with van der Waals surface area (Å²) >= 11 is 7.54. The van der Waals surface area contributed by atoms with Crippen molar-refractivity contribution >= 4 is 33.0 Å². The minimum Gasteiger partial charge on any atom is -0.192 e. The van der Waals surface area contributed by atoms with Crippen LogP contribution in [0.15, 0.2) is 18.2 Å². The van der Waals surface area contributed by atoms with E-state index in [9.17, 15) is 0 Å². The molecule has 0 bridgehead atoms. The van der Waals surface area contributed by atoms with E-state index in [0.29, 0.717) is 11.4 Å². The largest absolute Gasteiger partial charge is 0.192 e. The Kier molecular flexibility index (Phi) is 2.45. The summed E-state index contributed by atoms with van der Waals surface area (Å²) in [5.74, 6) is 0.461. The van der Waals surface area contributed by atoms with E-state index in [0.717, 1.165) is 10.3 Å². The third-order valence-corrected chi connectivity index (χ3v) is 3.40. The van der Waals surface area contributed by atoms with Crippen molar-refractivity contribution in [2.45, 2.75) is 12.8 Å². The fourth-order valence-corrected chi connectivity index (χ4v) is 2.74. The molecule has 2 rings (SSSR count). The van der Waals surface area contributed by atoms with Crippen LogP contribution >= 0.6 is 22.9 Å². The SMILES string of the molecule is Cc1cc2c(CCl)cc(C#N)cc2s1. The lowest BCUT2D eigenvalue weighted by Gasteiger charge is -1.98. The number of nitriles is 1. The first-order chi connectivity index (χ1) is 6.74. The number of hydrogen-bond acceptors (Lipinski definition) is 2. The molecule has 1 aromatic carbocycles. The first-order valence-corrected chi connectivity index (χ1v) is 5.59. The first-order valence-electron chi connectivity index (χ1n) is 4.23. The third-order valence-electron chi connectivity index (χ3n) is 2.12. The zero-order chi connectivity index (χ0) is 10.1. The first kappa shape index (κ1) is 9.51. The predicted octanol–water partition coefficient (Wildman–Crippen LogP) is 3.82. The fourth-order valence-electron chi connectivity index (χ4n) is 1.51. The van der Waals surface area contributed by atoms with E-state index in [-0.39, 0.29) is 0 Å². The van der Waals surface area contributed by atoms with Crippen LogP contribution in [0, 0.1) is 18.3 Å². The van der Waals surface area contributed by atoms with E-state index < -0.39 is 0 Å². The van der Waals surface area contributed by atoms with Crippen LogP contribution in [-0.2, 0) is 5.88 Å². The molecule has 0 saturated carbocycles. The van der Waals surface area contributed by atoms with Gasteiger partial charge in [-0.2, -0.15) is 5.26 Å². The van der Waals surface area contributed by atoms with Gasteiger partial charge in [-0.25, -0.2) is 0 Å². The van der Waals surface area contributed by atoms with Gasteiger partial charge in [0.05, 0.1) is 11.6 Å². The van der Waals surface area contributed by atoms with Gasteiger partial charge in [-0.3, -0.25) is 0 Å². The summed E-state index contributed by atoms with van der Waals surface area (Å²) in [6, 6.07) is 8.06. The van der Waals surface area contributed by atoms with Gasteiger partial charge in [-0.1, -0.05) is 0 Å². The van der Waals surface area contributed by atoms with E-state index in [1.165, 1.54) is 10.3 Å². The molecule has 0 saturated heterocycles. The Labute approximate surface area is 91.5 Å². The van der Waals surface area contributed by atoms with Crippen LogP contribution in [0.1, 0.15) is 16.0 Å². The number of hydrogen-bond donors (Lipinski definition) is 0. The lowest BCUT2D eigenvalue weighted by Crippen LogP contribution is -1.81. The number of alkyl halides is 1. The van der Waals surface area contributed by atoms with Crippen molar-refractivity contribution < 1.29 is 0 Å². The Morgan fingerprint density at radius 3 is 2.86 bits per heavy atom. The van der Waals surface area contributed by atoms with Gasteiger partial charge in [0, 0.05) is 15.5 Å². The van der Waals surface area contributed by atoms with Crippen LogP contribution in [0.5, 0.6) is 0 Å². The summed E-state index contributed by atoms with van der Waals surface area (Å²) in [7, 11) is 0. The van der Waals surface area contributed by atoms with Gasteiger partial charge in [0.15, 0.2) is 0 Å². The van der Waals surface area contributed by atoms with Gasteiger partial charge in [-0.15, -0.1) is 22.9 Å². The summed E-state index contributed by atoms with van der Waals surface area (Å²) in [6.07, 6.45) is 0. The average Bonchev–Trinajstić information content (AvgIpc) is 2.56. The molecule has 0 aliphatic carbocycles. The van der Waals surface area contributed by atoms with E-state index >= 15 is 0 Å². The summed E-state index contributed by atoms with van der Waals surface area (Å²) < 4.78 is 1.15. The molecule has 70 valence electrons. The predicted molar refractivity (Wildman–Crippen MR) is 60.8 cm³/mol. The van der Waals surface area contributed by atoms with Crippen LogP contribution in [0.25, 0.3) is 10.1 Å². The maximum Gasteiger partial charge on any atom is 0.0992 e. The van der Waals surface area contributed by atoms with Gasteiger partial charge < -0.3 is 0 Å². The standard InChI is InChI=1S/C11H8ClNS/c1-7-2-10-9(5-12)3-8(6-13)4-11(10)14-7/h2-4H,5H2,1H3. The van der Waals surface area contributed by atoms with Gasteiger partial charge in [0.25, 0.3) is 0 Å². The van der Waals surface area contributed by atoms with Crippen molar-refractivity contribution in [2.24, 2.45) is 0 Å². The van der Waals surface area contributed by atoms with Crippen molar-refractivity contribution in [1.29, 1.82) is 5.26 Å². The Hall–Kier alpha value is -1.04. The van der Waals surface area contributed by atoms with Crippen molar-refractivity contribution in [2.75, 3.05) is 0 Å². The molecule has 0 amide bonds. The average molecular weight is 222 g/mol. The molecule has 0 spiro atoms. The third kappa shape index (κ3) is 1.50. The summed E-state index contributed by atoms with van der Waals surface area (Å²) in [6.45, 7) is 2.06. The number of aryl methyl sites for hydroxylation is 1. The molecule has 1 nitrogen and oxygen atoms in total.